The highest BCUT2D eigenvalue weighted by Crippen LogP contribution is 2.13. The Labute approximate surface area is 115 Å². The Hall–Kier alpha value is -0.910. The molecule has 1 fully saturated rings. The molecule has 1 saturated heterocycles. The number of ether oxygens (including phenoxy) is 2. The van der Waals surface area contributed by atoms with Gasteiger partial charge in [0.15, 0.2) is 0 Å². The molecule has 0 aliphatic carbocycles. The lowest BCUT2D eigenvalue weighted by Crippen LogP contribution is -2.37. The highest BCUT2D eigenvalue weighted by molar-refractivity contribution is 5.81. The summed E-state index contributed by atoms with van der Waals surface area (Å²) in [5.41, 5.74) is 5.43. The lowest BCUT2D eigenvalue weighted by Gasteiger charge is -2.31. The number of carbonyl (C=O) groups excluding carboxylic acids is 1. The molecule has 0 aromatic rings. The van der Waals surface area contributed by atoms with E-state index in [9.17, 15) is 4.79 Å². The lowest BCUT2D eigenvalue weighted by atomic mass is 10.1. The number of esters is 1. The van der Waals surface area contributed by atoms with Crippen LogP contribution in [0.25, 0.3) is 0 Å². The number of hydrogen-bond donors (Lipinski definition) is 1. The van der Waals surface area contributed by atoms with Gasteiger partial charge in [-0.3, -0.25) is 4.90 Å². The van der Waals surface area contributed by atoms with Crippen LogP contribution in [0.15, 0.2) is 12.2 Å². The predicted molar refractivity (Wildman–Crippen MR) is 74.9 cm³/mol. The van der Waals surface area contributed by atoms with E-state index in [2.05, 4.69) is 4.90 Å². The zero-order valence-corrected chi connectivity index (χ0v) is 11.8. The minimum absolute atomic E-state index is 0.262. The van der Waals surface area contributed by atoms with E-state index in [1.165, 1.54) is 6.08 Å². The maximum absolute atomic E-state index is 11.1. The molecule has 0 atom stereocenters. The third-order valence-electron chi connectivity index (χ3n) is 3.14. The van der Waals surface area contributed by atoms with Crippen LogP contribution in [0, 0.1) is 0 Å². The Morgan fingerprint density at radius 3 is 2.79 bits per heavy atom. The van der Waals surface area contributed by atoms with E-state index in [-0.39, 0.29) is 5.97 Å². The smallest absolute Gasteiger partial charge is 0.330 e. The molecule has 5 heteroatoms. The average Bonchev–Trinajstić information content (AvgIpc) is 2.41. The number of likely N-dealkylation sites (tertiary alicyclic amines) is 1. The number of nitrogens with zero attached hydrogens (tertiary/aromatic N) is 1. The first-order valence-corrected chi connectivity index (χ1v) is 7.13. The maximum atomic E-state index is 11.1. The summed E-state index contributed by atoms with van der Waals surface area (Å²) in [4.78, 5) is 13.4. The molecule has 0 unspecified atom stereocenters. The standard InChI is InChI=1S/C14H26N2O3/c1-2-18-14(17)5-3-9-16-10-6-13(7-11-16)19-12-4-8-15/h3,5,13H,2,4,6-12,15H2,1H3/b5-3+. The number of hydrogen-bond acceptors (Lipinski definition) is 5. The topological polar surface area (TPSA) is 64.8 Å². The van der Waals surface area contributed by atoms with Crippen molar-refractivity contribution >= 4 is 5.97 Å². The fraction of sp³-hybridized carbons (Fsp3) is 0.786. The van der Waals surface area contributed by atoms with Crippen molar-refractivity contribution in [3.05, 3.63) is 12.2 Å². The van der Waals surface area contributed by atoms with E-state index in [0.29, 0.717) is 19.3 Å². The number of nitrogens with two attached hydrogens (primary N) is 1. The van der Waals surface area contributed by atoms with Gasteiger partial charge in [-0.05, 0) is 32.7 Å². The van der Waals surface area contributed by atoms with Crippen molar-refractivity contribution in [1.82, 2.24) is 4.90 Å². The van der Waals surface area contributed by atoms with Crippen LogP contribution in [0.2, 0.25) is 0 Å². The summed E-state index contributed by atoms with van der Waals surface area (Å²) in [6.07, 6.45) is 6.79. The van der Waals surface area contributed by atoms with E-state index < -0.39 is 0 Å². The molecule has 1 aliphatic heterocycles. The molecule has 0 saturated carbocycles. The Balaban J connectivity index is 2.11. The molecule has 0 aromatic heterocycles. The van der Waals surface area contributed by atoms with Crippen molar-refractivity contribution < 1.29 is 14.3 Å². The van der Waals surface area contributed by atoms with E-state index in [1.807, 2.05) is 6.08 Å². The second kappa shape index (κ2) is 9.95. The van der Waals surface area contributed by atoms with E-state index in [0.717, 1.165) is 45.5 Å². The van der Waals surface area contributed by atoms with Gasteiger partial charge in [0.1, 0.15) is 0 Å². The van der Waals surface area contributed by atoms with E-state index >= 15 is 0 Å². The van der Waals surface area contributed by atoms with Gasteiger partial charge in [-0.1, -0.05) is 6.08 Å². The molecule has 0 spiro atoms. The fourth-order valence-corrected chi connectivity index (χ4v) is 2.08. The number of rotatable bonds is 8. The average molecular weight is 270 g/mol. The zero-order valence-electron chi connectivity index (χ0n) is 11.8. The third kappa shape index (κ3) is 7.30. The fourth-order valence-electron chi connectivity index (χ4n) is 2.08. The molecule has 1 aliphatic rings. The van der Waals surface area contributed by atoms with Crippen LogP contribution >= 0.6 is 0 Å². The quantitative estimate of drug-likeness (QED) is 0.404. The third-order valence-corrected chi connectivity index (χ3v) is 3.14. The van der Waals surface area contributed by atoms with Gasteiger partial charge in [0.05, 0.1) is 12.7 Å². The van der Waals surface area contributed by atoms with Gasteiger partial charge >= 0.3 is 5.97 Å². The summed E-state index contributed by atoms with van der Waals surface area (Å²) >= 11 is 0. The van der Waals surface area contributed by atoms with Crippen molar-refractivity contribution in [1.29, 1.82) is 0 Å². The largest absolute Gasteiger partial charge is 0.463 e. The first-order valence-electron chi connectivity index (χ1n) is 7.13. The first kappa shape index (κ1) is 16.1. The van der Waals surface area contributed by atoms with Crippen LogP contribution in [0.1, 0.15) is 26.2 Å². The SMILES string of the molecule is CCOC(=O)/C=C/CN1CCC(OCCCN)CC1. The summed E-state index contributed by atoms with van der Waals surface area (Å²) in [7, 11) is 0. The molecule has 0 bridgehead atoms. The normalized spacial score (nSPS) is 18.0. The van der Waals surface area contributed by atoms with Crippen molar-refractivity contribution in [3.8, 4) is 0 Å². The predicted octanol–water partition coefficient (Wildman–Crippen LogP) is 0.936. The molecular weight excluding hydrogens is 244 g/mol. The highest BCUT2D eigenvalue weighted by atomic mass is 16.5. The first-order chi connectivity index (χ1) is 9.26. The van der Waals surface area contributed by atoms with Crippen LogP contribution in [-0.2, 0) is 14.3 Å². The summed E-state index contributed by atoms with van der Waals surface area (Å²) in [6, 6.07) is 0. The Bertz CT molecular complexity index is 274. The lowest BCUT2D eigenvalue weighted by molar-refractivity contribution is -0.137. The van der Waals surface area contributed by atoms with E-state index in [4.69, 9.17) is 15.2 Å². The van der Waals surface area contributed by atoms with Crippen molar-refractivity contribution in [2.24, 2.45) is 5.73 Å². The highest BCUT2D eigenvalue weighted by Gasteiger charge is 2.18. The van der Waals surface area contributed by atoms with Gasteiger partial charge in [-0.25, -0.2) is 4.79 Å². The second-order valence-electron chi connectivity index (χ2n) is 4.67. The molecule has 19 heavy (non-hydrogen) atoms. The van der Waals surface area contributed by atoms with Crippen molar-refractivity contribution in [2.45, 2.75) is 32.3 Å². The molecule has 1 heterocycles. The van der Waals surface area contributed by atoms with Gasteiger partial charge < -0.3 is 15.2 Å². The Kier molecular flexibility index (Phi) is 8.45. The van der Waals surface area contributed by atoms with Crippen molar-refractivity contribution in [3.63, 3.8) is 0 Å². The van der Waals surface area contributed by atoms with Gasteiger partial charge in [-0.15, -0.1) is 0 Å². The van der Waals surface area contributed by atoms with Gasteiger partial charge in [0, 0.05) is 32.3 Å². The Morgan fingerprint density at radius 2 is 2.16 bits per heavy atom. The summed E-state index contributed by atoms with van der Waals surface area (Å²) in [5.74, 6) is -0.262. The summed E-state index contributed by atoms with van der Waals surface area (Å²) < 4.78 is 10.6. The van der Waals surface area contributed by atoms with Gasteiger partial charge in [-0.2, -0.15) is 0 Å². The minimum Gasteiger partial charge on any atom is -0.463 e. The molecule has 5 nitrogen and oxygen atoms in total. The van der Waals surface area contributed by atoms with Crippen LogP contribution < -0.4 is 5.73 Å². The summed E-state index contributed by atoms with van der Waals surface area (Å²) in [6.45, 7) is 6.52. The second-order valence-corrected chi connectivity index (χ2v) is 4.67. The molecule has 110 valence electrons. The zero-order chi connectivity index (χ0) is 13.9. The van der Waals surface area contributed by atoms with Crippen LogP contribution in [-0.4, -0.2) is 56.4 Å². The Morgan fingerprint density at radius 1 is 1.42 bits per heavy atom. The molecule has 0 radical (unpaired) electrons. The molecule has 1 rings (SSSR count). The number of carbonyl (C=O) groups is 1. The molecule has 0 amide bonds. The maximum Gasteiger partial charge on any atom is 0.330 e. The summed E-state index contributed by atoms with van der Waals surface area (Å²) in [5, 5.41) is 0. The van der Waals surface area contributed by atoms with Crippen molar-refractivity contribution in [2.75, 3.05) is 39.4 Å². The van der Waals surface area contributed by atoms with E-state index in [1.54, 1.807) is 6.92 Å². The minimum atomic E-state index is -0.262. The molecule has 0 aromatic carbocycles. The van der Waals surface area contributed by atoms with Gasteiger partial charge in [0.25, 0.3) is 0 Å². The van der Waals surface area contributed by atoms with Crippen LogP contribution in [0.4, 0.5) is 0 Å². The van der Waals surface area contributed by atoms with Crippen LogP contribution in [0.3, 0.4) is 0 Å². The van der Waals surface area contributed by atoms with Gasteiger partial charge in [0.2, 0.25) is 0 Å². The van der Waals surface area contributed by atoms with Crippen LogP contribution in [0.5, 0.6) is 0 Å². The monoisotopic (exact) mass is 270 g/mol. The molecular formula is C14H26N2O3. The number of piperidine rings is 1. The molecule has 2 N–H and O–H groups in total.